The first-order valence-corrected chi connectivity index (χ1v) is 13.0. The molecule has 1 aromatic heterocycles. The topological polar surface area (TPSA) is 23.3 Å². The minimum Gasteiger partial charge on any atom is -0.345 e. The number of rotatable bonds is 5. The summed E-state index contributed by atoms with van der Waals surface area (Å²) in [7, 11) is 4.15. The van der Waals surface area contributed by atoms with E-state index in [9.17, 15) is 4.79 Å². The molecule has 4 aromatic rings. The summed E-state index contributed by atoms with van der Waals surface area (Å²) in [4.78, 5) is 15.8. The van der Waals surface area contributed by atoms with Crippen LogP contribution in [-0.4, -0.2) is 30.9 Å². The van der Waals surface area contributed by atoms with Gasteiger partial charge in [-0.2, -0.15) is 0 Å². The van der Waals surface area contributed by atoms with E-state index in [2.05, 4.69) is 91.2 Å². The second-order valence-corrected chi connectivity index (χ2v) is 9.76. The predicted octanol–water partition coefficient (Wildman–Crippen LogP) is 7.06. The summed E-state index contributed by atoms with van der Waals surface area (Å²) in [5.41, 5.74) is 7.20. The van der Waals surface area contributed by atoms with Crippen LogP contribution >= 0.6 is 11.3 Å². The van der Waals surface area contributed by atoms with E-state index in [0.29, 0.717) is 0 Å². The van der Waals surface area contributed by atoms with Crippen molar-refractivity contribution >= 4 is 44.1 Å². The summed E-state index contributed by atoms with van der Waals surface area (Å²) in [6.07, 6.45) is 8.51. The highest BCUT2D eigenvalue weighted by Crippen LogP contribution is 2.32. The van der Waals surface area contributed by atoms with Gasteiger partial charge in [-0.1, -0.05) is 42.5 Å². The Hall–Kier alpha value is -4.02. The number of hydrogen-bond acceptors (Lipinski definition) is 3. The maximum atomic E-state index is 13.7. The zero-order valence-electron chi connectivity index (χ0n) is 20.8. The molecule has 0 saturated heterocycles. The van der Waals surface area contributed by atoms with Crippen LogP contribution in [0.25, 0.3) is 15.7 Å². The van der Waals surface area contributed by atoms with Gasteiger partial charge in [0.1, 0.15) is 13.6 Å². The highest BCUT2D eigenvalue weighted by atomic mass is 32.1. The van der Waals surface area contributed by atoms with Gasteiger partial charge in [-0.15, -0.1) is 11.3 Å². The molecule has 0 unspecified atom stereocenters. The average molecular weight is 490 g/mol. The Morgan fingerprint density at radius 3 is 2.17 bits per heavy atom. The summed E-state index contributed by atoms with van der Waals surface area (Å²) in [6, 6.07) is 26.6. The van der Waals surface area contributed by atoms with E-state index in [1.807, 2.05) is 47.8 Å². The lowest BCUT2D eigenvalue weighted by Crippen LogP contribution is -2.15. The number of benzene rings is 3. The van der Waals surface area contributed by atoms with Gasteiger partial charge >= 0.3 is 0 Å². The highest BCUT2D eigenvalue weighted by Gasteiger charge is 2.18. The SMILES string of the molecule is CC[N+](C)=C1C=CC(=C(c2ccc(N(C)c3ccccc3)cc2)c2csc3ccccc3c2=O)C=C1. The van der Waals surface area contributed by atoms with Gasteiger partial charge in [0.2, 0.25) is 0 Å². The van der Waals surface area contributed by atoms with Gasteiger partial charge in [0.25, 0.3) is 0 Å². The Kier molecular flexibility index (Phi) is 6.79. The average Bonchev–Trinajstić information content (AvgIpc) is 2.95. The van der Waals surface area contributed by atoms with Crippen molar-refractivity contribution < 1.29 is 4.58 Å². The molecule has 0 fully saturated rings. The standard InChI is InChI=1S/C32H29N2OS/c1-4-33(2)25-18-14-23(15-19-25)31(29-22-36-30-13-9-8-12-28(30)32(29)35)24-16-20-27(21-17-24)34(3)26-10-6-5-7-11-26/h5-22H,4H2,1-3H3/q+1. The Morgan fingerprint density at radius 1 is 0.833 bits per heavy atom. The molecule has 3 nitrogen and oxygen atoms in total. The third-order valence-corrected chi connectivity index (χ3v) is 7.67. The summed E-state index contributed by atoms with van der Waals surface area (Å²) < 4.78 is 3.21. The molecule has 0 N–H and O–H groups in total. The maximum absolute atomic E-state index is 13.7. The van der Waals surface area contributed by atoms with Crippen molar-refractivity contribution in [1.29, 1.82) is 0 Å². The first-order chi connectivity index (χ1) is 17.6. The molecule has 36 heavy (non-hydrogen) atoms. The van der Waals surface area contributed by atoms with Gasteiger partial charge in [0.15, 0.2) is 11.1 Å². The largest absolute Gasteiger partial charge is 0.345 e. The number of allylic oxidation sites excluding steroid dienone is 5. The van der Waals surface area contributed by atoms with Crippen molar-refractivity contribution in [2.24, 2.45) is 0 Å². The van der Waals surface area contributed by atoms with Gasteiger partial charge in [-0.05, 0) is 66.6 Å². The molecule has 0 bridgehead atoms. The zero-order chi connectivity index (χ0) is 25.1. The number of para-hydroxylation sites is 1. The lowest BCUT2D eigenvalue weighted by atomic mass is 9.91. The fraction of sp³-hybridized carbons (Fsp3) is 0.125. The van der Waals surface area contributed by atoms with Crippen LogP contribution in [0.5, 0.6) is 0 Å². The Labute approximate surface area is 216 Å². The lowest BCUT2D eigenvalue weighted by molar-refractivity contribution is -0.491. The lowest BCUT2D eigenvalue weighted by Gasteiger charge is -2.20. The monoisotopic (exact) mass is 489 g/mol. The Bertz CT molecular complexity index is 1570. The van der Waals surface area contributed by atoms with Crippen LogP contribution in [0, 0.1) is 0 Å². The molecule has 5 rings (SSSR count). The Morgan fingerprint density at radius 2 is 1.47 bits per heavy atom. The van der Waals surface area contributed by atoms with E-state index in [1.54, 1.807) is 11.3 Å². The van der Waals surface area contributed by atoms with E-state index in [-0.39, 0.29) is 5.43 Å². The van der Waals surface area contributed by atoms with E-state index < -0.39 is 0 Å². The fourth-order valence-corrected chi connectivity index (χ4v) is 5.36. The molecule has 178 valence electrons. The minimum atomic E-state index is 0.0691. The molecule has 1 aliphatic rings. The van der Waals surface area contributed by atoms with Crippen LogP contribution in [0.4, 0.5) is 11.4 Å². The van der Waals surface area contributed by atoms with Crippen molar-refractivity contribution in [2.75, 3.05) is 25.5 Å². The molecule has 1 heterocycles. The molecule has 0 amide bonds. The smallest absolute Gasteiger partial charge is 0.199 e. The first kappa shape index (κ1) is 23.7. The maximum Gasteiger partial charge on any atom is 0.199 e. The normalized spacial score (nSPS) is 12.8. The van der Waals surface area contributed by atoms with Crippen molar-refractivity contribution in [3.05, 3.63) is 135 Å². The van der Waals surface area contributed by atoms with E-state index in [4.69, 9.17) is 0 Å². The molecular weight excluding hydrogens is 460 g/mol. The van der Waals surface area contributed by atoms with E-state index in [0.717, 1.165) is 56.0 Å². The van der Waals surface area contributed by atoms with Crippen molar-refractivity contribution in [1.82, 2.24) is 0 Å². The van der Waals surface area contributed by atoms with Crippen LogP contribution in [0.15, 0.2) is 119 Å². The second kappa shape index (κ2) is 10.3. The van der Waals surface area contributed by atoms with Crippen molar-refractivity contribution in [3.8, 4) is 0 Å². The third kappa shape index (κ3) is 4.60. The van der Waals surface area contributed by atoms with Gasteiger partial charge in [0.05, 0.1) is 0 Å². The van der Waals surface area contributed by atoms with Gasteiger partial charge in [0, 0.05) is 57.2 Å². The summed E-state index contributed by atoms with van der Waals surface area (Å²) in [6.45, 7) is 3.07. The predicted molar refractivity (Wildman–Crippen MR) is 155 cm³/mol. The molecule has 0 aliphatic heterocycles. The summed E-state index contributed by atoms with van der Waals surface area (Å²) in [5, 5.41) is 2.77. The Balaban J connectivity index is 1.64. The molecule has 1 aliphatic carbocycles. The van der Waals surface area contributed by atoms with Crippen LogP contribution in [0.1, 0.15) is 18.1 Å². The molecular formula is C32H29N2OS+. The summed E-state index contributed by atoms with van der Waals surface area (Å²) in [5.74, 6) is 0. The summed E-state index contributed by atoms with van der Waals surface area (Å²) >= 11 is 1.62. The number of nitrogens with zero attached hydrogens (tertiary/aromatic N) is 2. The van der Waals surface area contributed by atoms with Crippen LogP contribution in [0.2, 0.25) is 0 Å². The third-order valence-electron chi connectivity index (χ3n) is 6.71. The second-order valence-electron chi connectivity index (χ2n) is 8.85. The molecule has 0 spiro atoms. The van der Waals surface area contributed by atoms with Gasteiger partial charge in [-0.3, -0.25) is 4.79 Å². The van der Waals surface area contributed by atoms with E-state index >= 15 is 0 Å². The van der Waals surface area contributed by atoms with E-state index in [1.165, 1.54) is 0 Å². The molecule has 0 atom stereocenters. The van der Waals surface area contributed by atoms with Crippen molar-refractivity contribution in [3.63, 3.8) is 0 Å². The molecule has 4 heteroatoms. The van der Waals surface area contributed by atoms with Crippen molar-refractivity contribution in [2.45, 2.75) is 6.92 Å². The quantitative estimate of drug-likeness (QED) is 0.280. The zero-order valence-corrected chi connectivity index (χ0v) is 21.6. The number of anilines is 2. The minimum absolute atomic E-state index is 0.0691. The molecule has 0 radical (unpaired) electrons. The van der Waals surface area contributed by atoms with Crippen LogP contribution in [-0.2, 0) is 0 Å². The fourth-order valence-electron chi connectivity index (χ4n) is 4.45. The molecule has 3 aromatic carbocycles. The number of hydrogen-bond donors (Lipinski definition) is 0. The first-order valence-electron chi connectivity index (χ1n) is 12.2. The molecule has 0 saturated carbocycles. The highest BCUT2D eigenvalue weighted by molar-refractivity contribution is 7.16. The van der Waals surface area contributed by atoms with Crippen LogP contribution < -0.4 is 10.3 Å². The van der Waals surface area contributed by atoms with Gasteiger partial charge < -0.3 is 4.90 Å². The number of fused-ring (bicyclic) bond motifs is 1. The van der Waals surface area contributed by atoms with Crippen LogP contribution in [0.3, 0.4) is 0 Å². The van der Waals surface area contributed by atoms with Gasteiger partial charge in [-0.25, -0.2) is 4.58 Å².